The minimum absolute atomic E-state index is 0.0846. The number of hydrogen-bond acceptors (Lipinski definition) is 4. The minimum atomic E-state index is -5.72. The predicted octanol–water partition coefficient (Wildman–Crippen LogP) is 8.53. The van der Waals surface area contributed by atoms with Gasteiger partial charge in [-0.3, -0.25) is 14.4 Å². The van der Waals surface area contributed by atoms with Gasteiger partial charge in [-0.25, -0.2) is 17.6 Å². The van der Waals surface area contributed by atoms with Crippen molar-refractivity contribution in [3.05, 3.63) is 130 Å². The SMILES string of the molecule is CC(C)c1ccc(/C=C(/NC(=O)c2ccccc2)C(=O)Nc2cccc(SCC(=O)Nc3c(F)c(F)c(C(F)(F)F)c(F)c3F)c2)cc1. The highest BCUT2D eigenvalue weighted by Gasteiger charge is 2.42. The lowest BCUT2D eigenvalue weighted by molar-refractivity contribution is -0.143. The van der Waals surface area contributed by atoms with Gasteiger partial charge in [0.05, 0.1) is 5.75 Å². The molecule has 0 spiro atoms. The average molecular weight is 690 g/mol. The van der Waals surface area contributed by atoms with Gasteiger partial charge >= 0.3 is 6.18 Å². The van der Waals surface area contributed by atoms with Crippen molar-refractivity contribution in [1.82, 2.24) is 5.32 Å². The number of carbonyl (C=O) groups is 3. The van der Waals surface area contributed by atoms with Gasteiger partial charge in [-0.2, -0.15) is 13.2 Å². The molecule has 0 aliphatic carbocycles. The van der Waals surface area contributed by atoms with Gasteiger partial charge in [-0.15, -0.1) is 11.8 Å². The van der Waals surface area contributed by atoms with Crippen LogP contribution in [0.5, 0.6) is 0 Å². The van der Waals surface area contributed by atoms with Crippen LogP contribution in [0.15, 0.2) is 89.5 Å². The molecule has 250 valence electrons. The Hall–Kier alpha value is -5.11. The molecule has 0 fully saturated rings. The molecule has 48 heavy (non-hydrogen) atoms. The second kappa shape index (κ2) is 15.2. The zero-order valence-corrected chi connectivity index (χ0v) is 26.0. The highest BCUT2D eigenvalue weighted by atomic mass is 32.2. The maximum atomic E-state index is 14.2. The minimum Gasteiger partial charge on any atom is -0.321 e. The van der Waals surface area contributed by atoms with Crippen LogP contribution in [-0.2, 0) is 15.8 Å². The van der Waals surface area contributed by atoms with Crippen molar-refractivity contribution in [3.63, 3.8) is 0 Å². The maximum absolute atomic E-state index is 14.2. The van der Waals surface area contributed by atoms with Crippen LogP contribution in [0.3, 0.4) is 0 Å². The molecule has 0 bridgehead atoms. The van der Waals surface area contributed by atoms with Gasteiger partial charge in [0.15, 0.2) is 23.3 Å². The van der Waals surface area contributed by atoms with E-state index in [1.54, 1.807) is 47.8 Å². The van der Waals surface area contributed by atoms with Crippen LogP contribution in [0, 0.1) is 23.3 Å². The Kier molecular flexibility index (Phi) is 11.3. The Bertz CT molecular complexity index is 1830. The third kappa shape index (κ3) is 8.82. The lowest BCUT2D eigenvalue weighted by atomic mass is 10.0. The molecule has 4 aromatic rings. The van der Waals surface area contributed by atoms with Gasteiger partial charge in [0.25, 0.3) is 11.8 Å². The Morgan fingerprint density at radius 1 is 0.792 bits per heavy atom. The molecule has 0 radical (unpaired) electrons. The molecule has 3 N–H and O–H groups in total. The predicted molar refractivity (Wildman–Crippen MR) is 168 cm³/mol. The lowest BCUT2D eigenvalue weighted by Gasteiger charge is -2.14. The summed E-state index contributed by atoms with van der Waals surface area (Å²) in [7, 11) is 0. The van der Waals surface area contributed by atoms with E-state index in [1.807, 2.05) is 26.0 Å². The monoisotopic (exact) mass is 689 g/mol. The summed E-state index contributed by atoms with van der Waals surface area (Å²) in [5.74, 6) is -13.0. The third-order valence-corrected chi connectivity index (χ3v) is 7.71. The molecule has 14 heteroatoms. The fourth-order valence-corrected chi connectivity index (χ4v) is 5.02. The highest BCUT2D eigenvalue weighted by molar-refractivity contribution is 8.00. The molecule has 0 aliphatic heterocycles. The number of rotatable bonds is 10. The highest BCUT2D eigenvalue weighted by Crippen LogP contribution is 2.38. The molecule has 3 amide bonds. The third-order valence-electron chi connectivity index (χ3n) is 6.72. The molecule has 0 aromatic heterocycles. The van der Waals surface area contributed by atoms with E-state index < -0.39 is 64.2 Å². The lowest BCUT2D eigenvalue weighted by Crippen LogP contribution is -2.30. The second-order valence-corrected chi connectivity index (χ2v) is 11.6. The molecule has 4 aromatic carbocycles. The first-order valence-corrected chi connectivity index (χ1v) is 15.1. The number of benzene rings is 4. The van der Waals surface area contributed by atoms with Crippen LogP contribution >= 0.6 is 11.8 Å². The van der Waals surface area contributed by atoms with Gasteiger partial charge in [-0.1, -0.05) is 62.4 Å². The van der Waals surface area contributed by atoms with Gasteiger partial charge in [0, 0.05) is 16.1 Å². The van der Waals surface area contributed by atoms with Crippen molar-refractivity contribution < 1.29 is 45.1 Å². The van der Waals surface area contributed by atoms with E-state index in [0.29, 0.717) is 16.0 Å². The zero-order chi connectivity index (χ0) is 35.2. The average Bonchev–Trinajstić information content (AvgIpc) is 3.04. The first kappa shape index (κ1) is 35.7. The molecule has 0 saturated carbocycles. The summed E-state index contributed by atoms with van der Waals surface area (Å²) in [5.41, 5.74) is -2.31. The summed E-state index contributed by atoms with van der Waals surface area (Å²) in [5, 5.41) is 6.83. The molecule has 4 rings (SSSR count). The smallest absolute Gasteiger partial charge is 0.321 e. The van der Waals surface area contributed by atoms with Crippen LogP contribution in [0.2, 0.25) is 0 Å². The Morgan fingerprint density at radius 2 is 1.42 bits per heavy atom. The van der Waals surface area contributed by atoms with Crippen LogP contribution < -0.4 is 16.0 Å². The summed E-state index contributed by atoms with van der Waals surface area (Å²) in [4.78, 5) is 39.0. The standard InChI is InChI=1S/C34H26F7N3O3S/c1-18(2)20-13-11-19(12-14-20)15-24(43-32(46)21-7-4-3-5-8-21)33(47)42-22-9-6-10-23(16-22)48-17-25(45)44-31-29(37)27(35)26(34(39,40)41)28(36)30(31)38/h3-16,18H,17H2,1-2H3,(H,42,47)(H,43,46)(H,44,45)/b24-15+. The normalized spacial score (nSPS) is 11.8. The number of nitrogens with one attached hydrogen (secondary N) is 3. The quantitative estimate of drug-likeness (QED) is 0.0675. The van der Waals surface area contributed by atoms with Crippen molar-refractivity contribution in [2.45, 2.75) is 30.8 Å². The Labute approximate surface area is 274 Å². The summed E-state index contributed by atoms with van der Waals surface area (Å²) in [6.07, 6.45) is -4.23. The summed E-state index contributed by atoms with van der Waals surface area (Å²) < 4.78 is 94.7. The summed E-state index contributed by atoms with van der Waals surface area (Å²) >= 11 is 0.779. The largest absolute Gasteiger partial charge is 0.422 e. The van der Waals surface area contributed by atoms with Crippen molar-refractivity contribution in [2.24, 2.45) is 0 Å². The summed E-state index contributed by atoms with van der Waals surface area (Å²) in [6, 6.07) is 21.6. The van der Waals surface area contributed by atoms with Crippen molar-refractivity contribution in [3.8, 4) is 0 Å². The van der Waals surface area contributed by atoms with Gasteiger partial charge in [0.2, 0.25) is 5.91 Å². The zero-order valence-electron chi connectivity index (χ0n) is 25.1. The molecule has 0 heterocycles. The first-order valence-electron chi connectivity index (χ1n) is 14.1. The van der Waals surface area contributed by atoms with E-state index in [1.165, 1.54) is 30.3 Å². The van der Waals surface area contributed by atoms with Crippen LogP contribution in [0.1, 0.15) is 46.8 Å². The van der Waals surface area contributed by atoms with Crippen molar-refractivity contribution >= 4 is 46.9 Å². The second-order valence-electron chi connectivity index (χ2n) is 10.5. The number of thioether (sulfide) groups is 1. The molecular weight excluding hydrogens is 663 g/mol. The van der Waals surface area contributed by atoms with E-state index in [9.17, 15) is 45.1 Å². The topological polar surface area (TPSA) is 87.3 Å². The Balaban J connectivity index is 1.48. The van der Waals surface area contributed by atoms with Gasteiger partial charge in [0.1, 0.15) is 16.9 Å². The molecule has 0 saturated heterocycles. The fraction of sp³-hybridized carbons (Fsp3) is 0.147. The van der Waals surface area contributed by atoms with E-state index in [2.05, 4.69) is 10.6 Å². The van der Waals surface area contributed by atoms with Gasteiger partial charge < -0.3 is 16.0 Å². The first-order chi connectivity index (χ1) is 22.6. The van der Waals surface area contributed by atoms with E-state index in [0.717, 1.165) is 17.3 Å². The van der Waals surface area contributed by atoms with E-state index in [4.69, 9.17) is 0 Å². The molecule has 0 unspecified atom stereocenters. The molecule has 6 nitrogen and oxygen atoms in total. The number of anilines is 2. The van der Waals surface area contributed by atoms with Crippen LogP contribution in [-0.4, -0.2) is 23.5 Å². The number of hydrogen-bond donors (Lipinski definition) is 3. The van der Waals surface area contributed by atoms with Crippen LogP contribution in [0.4, 0.5) is 42.1 Å². The molecule has 0 atom stereocenters. The van der Waals surface area contributed by atoms with E-state index in [-0.39, 0.29) is 17.3 Å². The van der Waals surface area contributed by atoms with Crippen molar-refractivity contribution in [2.75, 3.05) is 16.4 Å². The van der Waals surface area contributed by atoms with Crippen molar-refractivity contribution in [1.29, 1.82) is 0 Å². The number of alkyl halides is 3. The fourth-order valence-electron chi connectivity index (χ4n) is 4.26. The number of amides is 3. The molecular formula is C34H26F7N3O3S. The van der Waals surface area contributed by atoms with Crippen LogP contribution in [0.25, 0.3) is 6.08 Å². The summed E-state index contributed by atoms with van der Waals surface area (Å²) in [6.45, 7) is 4.06. The number of halogens is 7. The maximum Gasteiger partial charge on any atom is 0.422 e. The molecule has 0 aliphatic rings. The Morgan fingerprint density at radius 3 is 2.00 bits per heavy atom. The van der Waals surface area contributed by atoms with E-state index >= 15 is 0 Å². The van der Waals surface area contributed by atoms with Gasteiger partial charge in [-0.05, 0) is 53.5 Å². The number of carbonyl (C=O) groups excluding carboxylic acids is 3.